The Labute approximate surface area is 159 Å². The minimum atomic E-state index is -0.510. The van der Waals surface area contributed by atoms with Gasteiger partial charge >= 0.3 is 0 Å². The first-order valence-electron chi connectivity index (χ1n) is 9.01. The Hall–Kier alpha value is -3.02. The number of likely N-dealkylation sites (N-methyl/N-ethyl adjacent to an activating group) is 1. The molecule has 1 unspecified atom stereocenters. The highest BCUT2D eigenvalue weighted by molar-refractivity contribution is 6.01. The summed E-state index contributed by atoms with van der Waals surface area (Å²) in [6.07, 6.45) is -0.510. The Kier molecular flexibility index (Phi) is 5.35. The van der Waals surface area contributed by atoms with Crippen LogP contribution >= 0.6 is 0 Å². The molecule has 0 aromatic heterocycles. The predicted octanol–water partition coefficient (Wildman–Crippen LogP) is 3.45. The third-order valence-electron chi connectivity index (χ3n) is 4.68. The number of ether oxygens (including phenoxy) is 2. The van der Waals surface area contributed by atoms with Crippen molar-refractivity contribution in [3.8, 4) is 11.5 Å². The zero-order valence-corrected chi connectivity index (χ0v) is 16.0. The summed E-state index contributed by atoms with van der Waals surface area (Å²) in [5.41, 5.74) is 3.38. The number of hydrogen-bond acceptors (Lipinski definition) is 4. The Morgan fingerprint density at radius 3 is 2.78 bits per heavy atom. The lowest BCUT2D eigenvalue weighted by Crippen LogP contribution is -2.44. The van der Waals surface area contributed by atoms with Crippen molar-refractivity contribution in [3.05, 3.63) is 47.5 Å². The van der Waals surface area contributed by atoms with Gasteiger partial charge in [0.25, 0.3) is 11.8 Å². The van der Waals surface area contributed by atoms with E-state index in [0.29, 0.717) is 29.4 Å². The van der Waals surface area contributed by atoms with Gasteiger partial charge in [-0.25, -0.2) is 0 Å². The topological polar surface area (TPSA) is 67.9 Å². The van der Waals surface area contributed by atoms with Gasteiger partial charge < -0.3 is 19.7 Å². The van der Waals surface area contributed by atoms with Crippen molar-refractivity contribution in [2.45, 2.75) is 33.8 Å². The van der Waals surface area contributed by atoms with Crippen molar-refractivity contribution in [2.75, 3.05) is 23.4 Å². The zero-order chi connectivity index (χ0) is 19.6. The van der Waals surface area contributed by atoms with E-state index in [1.165, 1.54) is 0 Å². The molecule has 0 saturated carbocycles. The molecule has 3 rings (SSSR count). The average molecular weight is 368 g/mol. The Morgan fingerprint density at radius 2 is 2.04 bits per heavy atom. The number of nitrogens with one attached hydrogen (secondary N) is 1. The van der Waals surface area contributed by atoms with Gasteiger partial charge in [0.1, 0.15) is 11.5 Å². The smallest absolute Gasteiger partial charge is 0.267 e. The normalized spacial score (nSPS) is 15.8. The first kappa shape index (κ1) is 18.8. The highest BCUT2D eigenvalue weighted by Crippen LogP contribution is 2.36. The van der Waals surface area contributed by atoms with Crippen molar-refractivity contribution >= 4 is 23.2 Å². The number of amides is 2. The van der Waals surface area contributed by atoms with Gasteiger partial charge in [-0.2, -0.15) is 0 Å². The van der Waals surface area contributed by atoms with Crippen molar-refractivity contribution in [3.63, 3.8) is 0 Å². The summed E-state index contributed by atoms with van der Waals surface area (Å²) in [5.74, 6) is 0.969. The van der Waals surface area contributed by atoms with E-state index in [1.54, 1.807) is 30.0 Å². The lowest BCUT2D eigenvalue weighted by Gasteiger charge is -2.32. The molecule has 1 atom stereocenters. The number of aryl methyl sites for hydroxylation is 1. The maximum atomic E-state index is 12.3. The van der Waals surface area contributed by atoms with E-state index in [0.717, 1.165) is 11.1 Å². The van der Waals surface area contributed by atoms with Gasteiger partial charge in [0.15, 0.2) is 12.7 Å². The fourth-order valence-electron chi connectivity index (χ4n) is 3.03. The number of fused-ring (bicyclic) bond motifs is 1. The van der Waals surface area contributed by atoms with Crippen LogP contribution in [0.2, 0.25) is 0 Å². The molecule has 1 aliphatic heterocycles. The van der Waals surface area contributed by atoms with E-state index >= 15 is 0 Å². The van der Waals surface area contributed by atoms with E-state index in [4.69, 9.17) is 9.47 Å². The van der Waals surface area contributed by atoms with Crippen LogP contribution in [-0.2, 0) is 9.59 Å². The Bertz CT molecular complexity index is 878. The van der Waals surface area contributed by atoms with Gasteiger partial charge in [0, 0.05) is 12.2 Å². The molecule has 0 spiro atoms. The van der Waals surface area contributed by atoms with Gasteiger partial charge in [-0.3, -0.25) is 9.59 Å². The second-order valence-corrected chi connectivity index (χ2v) is 6.56. The largest absolute Gasteiger partial charge is 0.483 e. The molecular formula is C21H24N2O4. The summed E-state index contributed by atoms with van der Waals surface area (Å²) in [5, 5.41) is 2.81. The number of nitrogens with zero attached hydrogens (tertiary/aromatic N) is 1. The number of benzene rings is 2. The van der Waals surface area contributed by atoms with Crippen molar-refractivity contribution < 1.29 is 19.1 Å². The molecule has 0 radical (unpaired) electrons. The molecule has 2 aromatic rings. The van der Waals surface area contributed by atoms with E-state index < -0.39 is 6.10 Å². The van der Waals surface area contributed by atoms with Crippen LogP contribution in [0.3, 0.4) is 0 Å². The summed E-state index contributed by atoms with van der Waals surface area (Å²) in [6.45, 7) is 8.04. The van der Waals surface area contributed by atoms with Crippen molar-refractivity contribution in [1.82, 2.24) is 0 Å². The van der Waals surface area contributed by atoms with Gasteiger partial charge in [-0.05, 0) is 63.1 Å². The first-order chi connectivity index (χ1) is 12.9. The average Bonchev–Trinajstić information content (AvgIpc) is 2.64. The standard InChI is InChI=1S/C21H24N2O4/c1-5-23-17-11-16(9-10-19(17)27-15(4)21(23)25)22-20(24)12-26-18-8-6-7-13(2)14(18)3/h6-11,15H,5,12H2,1-4H3,(H,22,24). The second kappa shape index (κ2) is 7.70. The Balaban J connectivity index is 1.69. The maximum absolute atomic E-state index is 12.3. The molecular weight excluding hydrogens is 344 g/mol. The van der Waals surface area contributed by atoms with E-state index in [2.05, 4.69) is 5.32 Å². The van der Waals surface area contributed by atoms with Crippen LogP contribution in [0.25, 0.3) is 0 Å². The van der Waals surface area contributed by atoms with Crippen molar-refractivity contribution in [2.24, 2.45) is 0 Å². The quantitative estimate of drug-likeness (QED) is 0.878. The molecule has 6 heteroatoms. The molecule has 27 heavy (non-hydrogen) atoms. The molecule has 1 N–H and O–H groups in total. The first-order valence-corrected chi connectivity index (χ1v) is 9.01. The lowest BCUT2D eigenvalue weighted by atomic mass is 10.1. The molecule has 2 amide bonds. The number of rotatable bonds is 5. The van der Waals surface area contributed by atoms with E-state index in [9.17, 15) is 9.59 Å². The van der Waals surface area contributed by atoms with Gasteiger partial charge in [0.05, 0.1) is 5.69 Å². The van der Waals surface area contributed by atoms with E-state index in [1.807, 2.05) is 39.0 Å². The SMILES string of the molecule is CCN1C(=O)C(C)Oc2ccc(NC(=O)COc3cccc(C)c3C)cc21. The second-order valence-electron chi connectivity index (χ2n) is 6.56. The summed E-state index contributed by atoms with van der Waals surface area (Å²) >= 11 is 0. The minimum absolute atomic E-state index is 0.0910. The molecule has 6 nitrogen and oxygen atoms in total. The van der Waals surface area contributed by atoms with Crippen molar-refractivity contribution in [1.29, 1.82) is 0 Å². The van der Waals surface area contributed by atoms with E-state index in [-0.39, 0.29) is 18.4 Å². The predicted molar refractivity (Wildman–Crippen MR) is 105 cm³/mol. The molecule has 2 aromatic carbocycles. The molecule has 1 aliphatic rings. The summed E-state index contributed by atoms with van der Waals surface area (Å²) in [4.78, 5) is 26.2. The molecule has 1 heterocycles. The van der Waals surface area contributed by atoms with Crippen LogP contribution in [0.5, 0.6) is 11.5 Å². The third kappa shape index (κ3) is 3.89. The maximum Gasteiger partial charge on any atom is 0.267 e. The molecule has 0 bridgehead atoms. The minimum Gasteiger partial charge on any atom is -0.483 e. The molecule has 0 aliphatic carbocycles. The van der Waals surface area contributed by atoms with Crippen LogP contribution < -0.4 is 19.7 Å². The van der Waals surface area contributed by atoms with Gasteiger partial charge in [-0.15, -0.1) is 0 Å². The summed E-state index contributed by atoms with van der Waals surface area (Å²) in [7, 11) is 0. The lowest BCUT2D eigenvalue weighted by molar-refractivity contribution is -0.125. The molecule has 142 valence electrons. The Morgan fingerprint density at radius 1 is 1.26 bits per heavy atom. The summed E-state index contributed by atoms with van der Waals surface area (Å²) in [6, 6.07) is 11.0. The van der Waals surface area contributed by atoms with Gasteiger partial charge in [0.2, 0.25) is 0 Å². The van der Waals surface area contributed by atoms with Crippen LogP contribution in [0.15, 0.2) is 36.4 Å². The molecule has 0 fully saturated rings. The highest BCUT2D eigenvalue weighted by atomic mass is 16.5. The number of anilines is 2. The van der Waals surface area contributed by atoms with Crippen LogP contribution in [-0.4, -0.2) is 31.1 Å². The monoisotopic (exact) mass is 368 g/mol. The number of carbonyl (C=O) groups excluding carboxylic acids is 2. The van der Waals surface area contributed by atoms with Crippen LogP contribution in [0, 0.1) is 13.8 Å². The highest BCUT2D eigenvalue weighted by Gasteiger charge is 2.30. The molecule has 0 saturated heterocycles. The fourth-order valence-corrected chi connectivity index (χ4v) is 3.03. The third-order valence-corrected chi connectivity index (χ3v) is 4.68. The van der Waals surface area contributed by atoms with Crippen LogP contribution in [0.1, 0.15) is 25.0 Å². The fraction of sp³-hybridized carbons (Fsp3) is 0.333. The number of carbonyl (C=O) groups is 2. The van der Waals surface area contributed by atoms with Gasteiger partial charge in [-0.1, -0.05) is 12.1 Å². The zero-order valence-electron chi connectivity index (χ0n) is 16.0. The number of hydrogen-bond donors (Lipinski definition) is 1. The summed E-state index contributed by atoms with van der Waals surface area (Å²) < 4.78 is 11.3. The van der Waals surface area contributed by atoms with Crippen LogP contribution in [0.4, 0.5) is 11.4 Å².